The van der Waals surface area contributed by atoms with Crippen molar-refractivity contribution in [3.8, 4) is 11.5 Å². The van der Waals surface area contributed by atoms with Crippen molar-refractivity contribution in [3.63, 3.8) is 0 Å². The zero-order chi connectivity index (χ0) is 19.0. The van der Waals surface area contributed by atoms with Gasteiger partial charge in [-0.05, 0) is 44.3 Å². The van der Waals surface area contributed by atoms with Gasteiger partial charge >= 0.3 is 0 Å². The Bertz CT molecular complexity index is 736. The first-order valence-electron chi connectivity index (χ1n) is 8.41. The van der Waals surface area contributed by atoms with Gasteiger partial charge < -0.3 is 19.9 Å². The van der Waals surface area contributed by atoms with Crippen molar-refractivity contribution in [3.05, 3.63) is 67.1 Å². The predicted molar refractivity (Wildman–Crippen MR) is 99.4 cm³/mol. The number of pyridine rings is 1. The number of nitrogens with zero attached hydrogens (tertiary/aromatic N) is 1. The largest absolute Gasteiger partial charge is 0.490 e. The number of Topliss-reactive ketones (excluding diaryl/α,β-unsaturated/α-hetero) is 1. The van der Waals surface area contributed by atoms with Gasteiger partial charge in [0.05, 0.1) is 12.6 Å². The molecule has 6 nitrogen and oxygen atoms in total. The fraction of sp³-hybridized carbons (Fsp3) is 0.300. The third kappa shape index (κ3) is 4.40. The number of carbonyl (C=O) groups is 1. The van der Waals surface area contributed by atoms with Crippen LogP contribution in [0.1, 0.15) is 24.2 Å². The topological polar surface area (TPSA) is 80.7 Å². The Morgan fingerprint density at radius 2 is 2.00 bits per heavy atom. The summed E-state index contributed by atoms with van der Waals surface area (Å²) in [4.78, 5) is 16.9. The van der Waals surface area contributed by atoms with E-state index in [1.165, 1.54) is 12.4 Å². The fourth-order valence-corrected chi connectivity index (χ4v) is 2.48. The van der Waals surface area contributed by atoms with Gasteiger partial charge in [-0.1, -0.05) is 18.7 Å². The summed E-state index contributed by atoms with van der Waals surface area (Å²) in [6, 6.07) is 9.74. The number of aromatic nitrogens is 1. The molecular formula is C20H24N2O4. The van der Waals surface area contributed by atoms with E-state index in [0.29, 0.717) is 23.7 Å². The Morgan fingerprint density at radius 1 is 1.31 bits per heavy atom. The summed E-state index contributed by atoms with van der Waals surface area (Å²) < 4.78 is 11.3. The molecule has 2 atom stereocenters. The first kappa shape index (κ1) is 19.5. The Hall–Kier alpha value is -2.86. The van der Waals surface area contributed by atoms with E-state index in [2.05, 4.69) is 16.9 Å². The van der Waals surface area contributed by atoms with Gasteiger partial charge in [0.2, 0.25) is 5.78 Å². The maximum atomic E-state index is 12.9. The van der Waals surface area contributed by atoms with Crippen LogP contribution in [0, 0.1) is 0 Å². The van der Waals surface area contributed by atoms with Crippen LogP contribution in [0.15, 0.2) is 61.6 Å². The summed E-state index contributed by atoms with van der Waals surface area (Å²) >= 11 is 0. The molecule has 1 aromatic heterocycles. The summed E-state index contributed by atoms with van der Waals surface area (Å²) in [5.41, 5.74) is -1.52. The third-order valence-electron chi connectivity index (χ3n) is 4.00. The van der Waals surface area contributed by atoms with Gasteiger partial charge in [-0.25, -0.2) is 0 Å². The molecule has 1 heterocycles. The van der Waals surface area contributed by atoms with E-state index in [0.717, 1.165) is 0 Å². The van der Waals surface area contributed by atoms with Gasteiger partial charge in [-0.2, -0.15) is 0 Å². The standard InChI is InChI=1S/C20H24N2O4/c1-4-22-15(3)20(24,19(23)16-9-8-12-21-13-16)14-26-18-11-7-6-10-17(18)25-5-2/h4,6-13,15,22,24H,1,5,14H2,2-3H3. The lowest BCUT2D eigenvalue weighted by molar-refractivity contribution is -0.0117. The van der Waals surface area contributed by atoms with Crippen molar-refractivity contribution in [2.75, 3.05) is 13.2 Å². The molecule has 0 bridgehead atoms. The molecule has 0 aliphatic rings. The summed E-state index contributed by atoms with van der Waals surface area (Å²) in [5, 5.41) is 14.0. The number of ketones is 1. The molecule has 2 aromatic rings. The second-order valence-corrected chi connectivity index (χ2v) is 5.76. The molecule has 2 rings (SSSR count). The number of para-hydroxylation sites is 2. The van der Waals surface area contributed by atoms with Crippen molar-refractivity contribution < 1.29 is 19.4 Å². The average Bonchev–Trinajstić information content (AvgIpc) is 2.67. The molecule has 0 aliphatic heterocycles. The lowest BCUT2D eigenvalue weighted by Crippen LogP contribution is -2.57. The van der Waals surface area contributed by atoms with E-state index in [9.17, 15) is 9.90 Å². The molecule has 6 heteroatoms. The van der Waals surface area contributed by atoms with Crippen LogP contribution in [-0.4, -0.2) is 40.7 Å². The average molecular weight is 356 g/mol. The zero-order valence-corrected chi connectivity index (χ0v) is 15.0. The smallest absolute Gasteiger partial charge is 0.201 e. The van der Waals surface area contributed by atoms with Crippen molar-refractivity contribution >= 4 is 5.78 Å². The summed E-state index contributed by atoms with van der Waals surface area (Å²) in [7, 11) is 0. The fourth-order valence-electron chi connectivity index (χ4n) is 2.48. The number of aliphatic hydroxyl groups is 1. The van der Waals surface area contributed by atoms with E-state index < -0.39 is 17.4 Å². The number of rotatable bonds is 10. The maximum Gasteiger partial charge on any atom is 0.201 e. The lowest BCUT2D eigenvalue weighted by Gasteiger charge is -2.32. The van der Waals surface area contributed by atoms with Gasteiger partial charge in [-0.3, -0.25) is 9.78 Å². The highest BCUT2D eigenvalue weighted by Crippen LogP contribution is 2.28. The van der Waals surface area contributed by atoms with E-state index >= 15 is 0 Å². The highest BCUT2D eigenvalue weighted by molar-refractivity contribution is 6.02. The van der Waals surface area contributed by atoms with Crippen LogP contribution in [0.3, 0.4) is 0 Å². The van der Waals surface area contributed by atoms with E-state index in [-0.39, 0.29) is 6.61 Å². The Morgan fingerprint density at radius 3 is 2.58 bits per heavy atom. The molecular weight excluding hydrogens is 332 g/mol. The van der Waals surface area contributed by atoms with E-state index in [4.69, 9.17) is 9.47 Å². The second kappa shape index (κ2) is 9.01. The van der Waals surface area contributed by atoms with Gasteiger partial charge in [0.15, 0.2) is 17.1 Å². The molecule has 0 amide bonds. The molecule has 26 heavy (non-hydrogen) atoms. The minimum Gasteiger partial charge on any atom is -0.490 e. The second-order valence-electron chi connectivity index (χ2n) is 5.76. The Kier molecular flexibility index (Phi) is 6.74. The Balaban J connectivity index is 2.28. The molecule has 0 spiro atoms. The molecule has 0 aliphatic carbocycles. The van der Waals surface area contributed by atoms with Crippen LogP contribution in [0.2, 0.25) is 0 Å². The SMILES string of the molecule is C=CNC(C)C(O)(COc1ccccc1OCC)C(=O)c1cccnc1. The van der Waals surface area contributed by atoms with E-state index in [1.54, 1.807) is 43.5 Å². The molecule has 2 N–H and O–H groups in total. The molecule has 0 radical (unpaired) electrons. The van der Waals surface area contributed by atoms with Crippen LogP contribution in [-0.2, 0) is 0 Å². The van der Waals surface area contributed by atoms with Crippen LogP contribution in [0.25, 0.3) is 0 Å². The quantitative estimate of drug-likeness (QED) is 0.637. The number of hydrogen-bond acceptors (Lipinski definition) is 6. The highest BCUT2D eigenvalue weighted by Gasteiger charge is 2.43. The van der Waals surface area contributed by atoms with Crippen molar-refractivity contribution in [1.29, 1.82) is 0 Å². The molecule has 0 fully saturated rings. The number of carbonyl (C=O) groups excluding carboxylic acids is 1. The van der Waals surface area contributed by atoms with E-state index in [1.807, 2.05) is 13.0 Å². The van der Waals surface area contributed by atoms with Crippen molar-refractivity contribution in [2.45, 2.75) is 25.5 Å². The van der Waals surface area contributed by atoms with Gasteiger partial charge in [0.1, 0.15) is 6.61 Å². The highest BCUT2D eigenvalue weighted by atomic mass is 16.5. The normalized spacial score (nSPS) is 14.0. The lowest BCUT2D eigenvalue weighted by atomic mass is 9.87. The van der Waals surface area contributed by atoms with Gasteiger partial charge in [-0.15, -0.1) is 0 Å². The first-order chi connectivity index (χ1) is 12.5. The molecule has 0 saturated carbocycles. The number of hydrogen-bond donors (Lipinski definition) is 2. The van der Waals surface area contributed by atoms with Crippen LogP contribution < -0.4 is 14.8 Å². The van der Waals surface area contributed by atoms with Crippen molar-refractivity contribution in [2.24, 2.45) is 0 Å². The minimum absolute atomic E-state index is 0.257. The number of benzene rings is 1. The third-order valence-corrected chi connectivity index (χ3v) is 4.00. The first-order valence-corrected chi connectivity index (χ1v) is 8.41. The van der Waals surface area contributed by atoms with Crippen LogP contribution in [0.4, 0.5) is 0 Å². The number of nitrogens with one attached hydrogen (secondary N) is 1. The predicted octanol–water partition coefficient (Wildman–Crippen LogP) is 2.59. The number of ether oxygens (including phenoxy) is 2. The van der Waals surface area contributed by atoms with Crippen molar-refractivity contribution in [1.82, 2.24) is 10.3 Å². The summed E-state index contributed by atoms with van der Waals surface area (Å²) in [6.07, 6.45) is 4.42. The van der Waals surface area contributed by atoms with Crippen LogP contribution >= 0.6 is 0 Å². The molecule has 0 saturated heterocycles. The summed E-state index contributed by atoms with van der Waals surface area (Å²) in [6.45, 7) is 7.38. The monoisotopic (exact) mass is 356 g/mol. The summed E-state index contributed by atoms with van der Waals surface area (Å²) in [5.74, 6) is 0.523. The van der Waals surface area contributed by atoms with Crippen LogP contribution in [0.5, 0.6) is 11.5 Å². The molecule has 2 unspecified atom stereocenters. The maximum absolute atomic E-state index is 12.9. The Labute approximate surface area is 153 Å². The minimum atomic E-state index is -1.82. The molecule has 138 valence electrons. The van der Waals surface area contributed by atoms with Gasteiger partial charge in [0.25, 0.3) is 0 Å². The van der Waals surface area contributed by atoms with Gasteiger partial charge in [0, 0.05) is 18.0 Å². The zero-order valence-electron chi connectivity index (χ0n) is 15.0. The molecule has 1 aromatic carbocycles.